The molecule has 3 heterocycles. The van der Waals surface area contributed by atoms with Crippen molar-refractivity contribution in [3.63, 3.8) is 0 Å². The van der Waals surface area contributed by atoms with E-state index in [9.17, 15) is 4.79 Å². The Labute approximate surface area is 104 Å². The van der Waals surface area contributed by atoms with E-state index in [2.05, 4.69) is 10.3 Å². The van der Waals surface area contributed by atoms with E-state index < -0.39 is 11.5 Å². The van der Waals surface area contributed by atoms with Gasteiger partial charge in [-0.3, -0.25) is 4.90 Å². The molecule has 0 aromatic carbocycles. The Morgan fingerprint density at radius 1 is 1.33 bits per heavy atom. The number of carboxylic acid groups (broad SMARTS) is 1. The second kappa shape index (κ2) is 3.73. The summed E-state index contributed by atoms with van der Waals surface area (Å²) in [5.41, 5.74) is 0.589. The molecule has 1 amide bonds. The van der Waals surface area contributed by atoms with Crippen LogP contribution in [0.3, 0.4) is 0 Å². The molecule has 0 saturated heterocycles. The average molecular weight is 241 g/mol. The Balaban J connectivity index is 2.05. The van der Waals surface area contributed by atoms with E-state index in [1.165, 1.54) is 0 Å². The zero-order chi connectivity index (χ0) is 12.6. The van der Waals surface area contributed by atoms with Gasteiger partial charge in [0.2, 0.25) is 0 Å². The summed E-state index contributed by atoms with van der Waals surface area (Å²) in [6, 6.07) is 3.84. The number of carbonyl (C=O) groups is 1. The molecule has 5 heteroatoms. The Bertz CT molecular complexity index is 576. The maximum atomic E-state index is 10.9. The summed E-state index contributed by atoms with van der Waals surface area (Å²) in [5, 5.41) is 12.0. The van der Waals surface area contributed by atoms with E-state index in [0.717, 1.165) is 16.3 Å². The number of amides is 1. The molecule has 2 aliphatic rings. The van der Waals surface area contributed by atoms with Gasteiger partial charge in [-0.2, -0.15) is 0 Å². The molecule has 90 valence electrons. The van der Waals surface area contributed by atoms with Crippen LogP contribution < -0.4 is 5.32 Å². The first-order valence-corrected chi connectivity index (χ1v) is 5.51. The minimum absolute atomic E-state index is 0.416. The van der Waals surface area contributed by atoms with E-state index in [1.54, 1.807) is 18.6 Å². The Morgan fingerprint density at radius 2 is 2.11 bits per heavy atom. The maximum Gasteiger partial charge on any atom is 0.415 e. The highest BCUT2D eigenvalue weighted by molar-refractivity contribution is 5.70. The van der Waals surface area contributed by atoms with Crippen molar-refractivity contribution >= 4 is 11.9 Å². The first-order valence-electron chi connectivity index (χ1n) is 5.51. The van der Waals surface area contributed by atoms with Crippen LogP contribution in [0, 0.1) is 0 Å². The number of fused-ring (bicyclic) bond motifs is 2. The van der Waals surface area contributed by atoms with Crippen LogP contribution in [0.15, 0.2) is 55.2 Å². The number of allylic oxidation sites excluding steroid dienone is 3. The van der Waals surface area contributed by atoms with Gasteiger partial charge in [0.05, 0.1) is 5.41 Å². The van der Waals surface area contributed by atoms with Gasteiger partial charge < -0.3 is 10.4 Å². The number of pyridine rings is 1. The first-order chi connectivity index (χ1) is 8.71. The van der Waals surface area contributed by atoms with Gasteiger partial charge in [0, 0.05) is 24.2 Å². The van der Waals surface area contributed by atoms with E-state index >= 15 is 0 Å². The number of hydrogen-bond donors (Lipinski definition) is 2. The van der Waals surface area contributed by atoms with E-state index in [4.69, 9.17) is 5.11 Å². The molecule has 0 bridgehead atoms. The lowest BCUT2D eigenvalue weighted by Crippen LogP contribution is -2.29. The molecule has 0 radical (unpaired) electrons. The van der Waals surface area contributed by atoms with E-state index in [0.29, 0.717) is 0 Å². The number of aromatic nitrogens is 1. The molecule has 0 fully saturated rings. The number of hydrogen-bond acceptors (Lipinski definition) is 3. The molecular formula is C13H11N3O2. The van der Waals surface area contributed by atoms with Crippen LogP contribution in [0.5, 0.6) is 0 Å². The van der Waals surface area contributed by atoms with Gasteiger partial charge in [-0.05, 0) is 30.5 Å². The summed E-state index contributed by atoms with van der Waals surface area (Å²) >= 11 is 0. The van der Waals surface area contributed by atoms with Crippen molar-refractivity contribution in [1.29, 1.82) is 0 Å². The molecular weight excluding hydrogens is 230 g/mol. The second-order valence-electron chi connectivity index (χ2n) is 4.13. The van der Waals surface area contributed by atoms with Crippen molar-refractivity contribution in [3.05, 3.63) is 60.7 Å². The molecule has 1 spiro atoms. The Hall–Kier alpha value is -2.56. The molecule has 0 aliphatic carbocycles. The summed E-state index contributed by atoms with van der Waals surface area (Å²) in [6.45, 7) is 0. The molecule has 0 saturated carbocycles. The van der Waals surface area contributed by atoms with Gasteiger partial charge >= 0.3 is 6.09 Å². The summed E-state index contributed by atoms with van der Waals surface area (Å²) < 4.78 is 0. The SMILES string of the molecule is O=C(O)N1C=CC2(C=CNc3ncccc32)C=C1. The average Bonchev–Trinajstić information content (AvgIpc) is 2.40. The normalized spacial score (nSPS) is 18.6. The van der Waals surface area contributed by atoms with Crippen molar-refractivity contribution in [2.75, 3.05) is 5.32 Å². The zero-order valence-electron chi connectivity index (χ0n) is 9.45. The standard InChI is InChI=1S/C13H11N3O2/c17-12(18)16-8-4-13(5-9-16)3-7-15-11-10(13)2-1-6-14-11/h1-9H,(H,14,15)(H,17,18). The molecule has 2 aliphatic heterocycles. The third-order valence-electron chi connectivity index (χ3n) is 3.10. The van der Waals surface area contributed by atoms with Gasteiger partial charge in [-0.25, -0.2) is 9.78 Å². The Kier molecular flexibility index (Phi) is 2.19. The van der Waals surface area contributed by atoms with Gasteiger partial charge in [0.25, 0.3) is 0 Å². The summed E-state index contributed by atoms with van der Waals surface area (Å²) in [5.74, 6) is 0.790. The van der Waals surface area contributed by atoms with Crippen molar-refractivity contribution in [1.82, 2.24) is 9.88 Å². The number of nitrogens with zero attached hydrogens (tertiary/aromatic N) is 2. The maximum absolute atomic E-state index is 10.9. The van der Waals surface area contributed by atoms with Crippen LogP contribution in [0.1, 0.15) is 5.56 Å². The minimum atomic E-state index is -0.998. The summed E-state index contributed by atoms with van der Waals surface area (Å²) in [7, 11) is 0. The zero-order valence-corrected chi connectivity index (χ0v) is 9.45. The van der Waals surface area contributed by atoms with Gasteiger partial charge in [-0.1, -0.05) is 6.07 Å². The highest BCUT2D eigenvalue weighted by atomic mass is 16.4. The fraction of sp³-hybridized carbons (Fsp3) is 0.0769. The molecule has 18 heavy (non-hydrogen) atoms. The predicted octanol–water partition coefficient (Wildman–Crippen LogP) is 2.28. The third-order valence-corrected chi connectivity index (χ3v) is 3.10. The topological polar surface area (TPSA) is 65.5 Å². The van der Waals surface area contributed by atoms with Crippen molar-refractivity contribution in [2.45, 2.75) is 5.41 Å². The monoisotopic (exact) mass is 241 g/mol. The molecule has 1 aromatic heterocycles. The molecule has 1 aromatic rings. The summed E-state index contributed by atoms with van der Waals surface area (Å²) in [6.07, 6.45) is 11.3. The third kappa shape index (κ3) is 1.48. The predicted molar refractivity (Wildman–Crippen MR) is 66.8 cm³/mol. The summed E-state index contributed by atoms with van der Waals surface area (Å²) in [4.78, 5) is 16.2. The molecule has 5 nitrogen and oxygen atoms in total. The van der Waals surface area contributed by atoms with Gasteiger partial charge in [-0.15, -0.1) is 0 Å². The minimum Gasteiger partial charge on any atom is -0.464 e. The Morgan fingerprint density at radius 3 is 2.83 bits per heavy atom. The van der Waals surface area contributed by atoms with E-state index in [1.807, 2.05) is 36.6 Å². The molecule has 0 unspecified atom stereocenters. The smallest absolute Gasteiger partial charge is 0.415 e. The van der Waals surface area contributed by atoms with Crippen LogP contribution in [-0.4, -0.2) is 21.1 Å². The van der Waals surface area contributed by atoms with Crippen LogP contribution in [0.2, 0.25) is 0 Å². The van der Waals surface area contributed by atoms with Gasteiger partial charge in [0.1, 0.15) is 5.82 Å². The highest BCUT2D eigenvalue weighted by Gasteiger charge is 2.31. The molecule has 0 atom stereocenters. The lowest BCUT2D eigenvalue weighted by molar-refractivity contribution is 0.174. The molecule has 3 rings (SSSR count). The van der Waals surface area contributed by atoms with Gasteiger partial charge in [0.15, 0.2) is 0 Å². The van der Waals surface area contributed by atoms with Crippen molar-refractivity contribution in [3.8, 4) is 0 Å². The lowest BCUT2D eigenvalue weighted by atomic mass is 9.78. The highest BCUT2D eigenvalue weighted by Crippen LogP contribution is 2.38. The van der Waals surface area contributed by atoms with Crippen LogP contribution in [0.4, 0.5) is 10.6 Å². The number of anilines is 1. The number of nitrogens with one attached hydrogen (secondary N) is 1. The lowest BCUT2D eigenvalue weighted by Gasteiger charge is -2.32. The number of rotatable bonds is 0. The largest absolute Gasteiger partial charge is 0.464 e. The van der Waals surface area contributed by atoms with Crippen LogP contribution in [0.25, 0.3) is 0 Å². The van der Waals surface area contributed by atoms with Crippen molar-refractivity contribution in [2.24, 2.45) is 0 Å². The second-order valence-corrected chi connectivity index (χ2v) is 4.13. The van der Waals surface area contributed by atoms with Crippen LogP contribution >= 0.6 is 0 Å². The first kappa shape index (κ1) is 10.6. The fourth-order valence-electron chi connectivity index (χ4n) is 2.15. The van der Waals surface area contributed by atoms with E-state index in [-0.39, 0.29) is 0 Å². The van der Waals surface area contributed by atoms with Crippen LogP contribution in [-0.2, 0) is 5.41 Å². The quantitative estimate of drug-likeness (QED) is 0.731. The fourth-order valence-corrected chi connectivity index (χ4v) is 2.15. The van der Waals surface area contributed by atoms with Crippen molar-refractivity contribution < 1.29 is 9.90 Å². The molecule has 2 N–H and O–H groups in total.